The fourth-order valence-corrected chi connectivity index (χ4v) is 4.13. The van der Waals surface area contributed by atoms with E-state index >= 15 is 0 Å². The summed E-state index contributed by atoms with van der Waals surface area (Å²) in [6.07, 6.45) is 2.97. The molecule has 11 heteroatoms. The molecule has 1 aromatic carbocycles. The fourth-order valence-electron chi connectivity index (χ4n) is 4.13. The van der Waals surface area contributed by atoms with E-state index in [1.54, 1.807) is 13.0 Å². The molecule has 0 radical (unpaired) electrons. The third-order valence-corrected chi connectivity index (χ3v) is 6.48. The molecular formula is C25H32N6O5. The monoisotopic (exact) mass is 496 g/mol. The Morgan fingerprint density at radius 1 is 1.11 bits per heavy atom. The first-order chi connectivity index (χ1) is 17.4. The number of Topliss-reactive ketones (excluding diaryl/α,β-unsaturated/α-hetero) is 1. The van der Waals surface area contributed by atoms with Crippen molar-refractivity contribution in [1.82, 2.24) is 31.2 Å². The number of aromatic nitrogens is 1. The number of urea groups is 1. The Labute approximate surface area is 208 Å². The highest BCUT2D eigenvalue weighted by molar-refractivity contribution is 6.38. The molecule has 5 N–H and O–H groups in total. The summed E-state index contributed by atoms with van der Waals surface area (Å²) in [7, 11) is 0. The standard InChI is InChI=1S/C25H32N6O5/c1-2-17(29-23(34)19-12-16-6-3-4-7-18(16)28-19)22(33)30-20(14-31-11-5-10-26-25(31)36)21(32)24(35)27-13-15-8-9-15/h3-4,6-7,12,15,17,20,28H,2,5,8-11,13-14H2,1H3,(H,26,36)(H,27,35)(H,29,34)(H,30,33). The molecule has 1 aromatic heterocycles. The van der Waals surface area contributed by atoms with Crippen LogP contribution in [0.5, 0.6) is 0 Å². The van der Waals surface area contributed by atoms with Crippen LogP contribution in [0.2, 0.25) is 0 Å². The lowest BCUT2D eigenvalue weighted by atomic mass is 10.1. The lowest BCUT2D eigenvalue weighted by molar-refractivity contribution is -0.140. The van der Waals surface area contributed by atoms with E-state index in [1.165, 1.54) is 4.90 Å². The van der Waals surface area contributed by atoms with Crippen LogP contribution in [0, 0.1) is 5.92 Å². The molecule has 192 valence electrons. The van der Waals surface area contributed by atoms with Crippen LogP contribution in [0.3, 0.4) is 0 Å². The van der Waals surface area contributed by atoms with Gasteiger partial charge in [-0.25, -0.2) is 4.79 Å². The molecule has 1 aliphatic carbocycles. The van der Waals surface area contributed by atoms with Gasteiger partial charge >= 0.3 is 6.03 Å². The Morgan fingerprint density at radius 3 is 2.58 bits per heavy atom. The molecule has 1 saturated carbocycles. The van der Waals surface area contributed by atoms with Crippen molar-refractivity contribution in [1.29, 1.82) is 0 Å². The van der Waals surface area contributed by atoms with Gasteiger partial charge in [-0.05, 0) is 43.7 Å². The van der Waals surface area contributed by atoms with Crippen LogP contribution in [0.4, 0.5) is 4.79 Å². The van der Waals surface area contributed by atoms with Crippen molar-refractivity contribution >= 4 is 40.4 Å². The van der Waals surface area contributed by atoms with Gasteiger partial charge < -0.3 is 31.2 Å². The minimum Gasteiger partial charge on any atom is -0.351 e. The summed E-state index contributed by atoms with van der Waals surface area (Å²) in [5.74, 6) is -2.30. The van der Waals surface area contributed by atoms with Crippen molar-refractivity contribution < 1.29 is 24.0 Å². The Kier molecular flexibility index (Phi) is 7.87. The number of carbonyl (C=O) groups excluding carboxylic acids is 5. The van der Waals surface area contributed by atoms with Crippen molar-refractivity contribution in [2.24, 2.45) is 5.92 Å². The summed E-state index contributed by atoms with van der Waals surface area (Å²) in [6.45, 7) is 2.93. The van der Waals surface area contributed by atoms with Crippen molar-refractivity contribution in [3.05, 3.63) is 36.0 Å². The first kappa shape index (κ1) is 25.2. The van der Waals surface area contributed by atoms with Crippen LogP contribution in [0.1, 0.15) is 43.1 Å². The van der Waals surface area contributed by atoms with Crippen LogP contribution in [-0.4, -0.2) is 77.7 Å². The Balaban J connectivity index is 1.43. The first-order valence-electron chi connectivity index (χ1n) is 12.4. The van der Waals surface area contributed by atoms with E-state index in [0.29, 0.717) is 37.7 Å². The van der Waals surface area contributed by atoms with Gasteiger partial charge in [-0.1, -0.05) is 25.1 Å². The quantitative estimate of drug-likeness (QED) is 0.290. The molecule has 2 fully saturated rings. The SMILES string of the molecule is CCC(NC(=O)c1cc2ccccc2[nH]1)C(=O)NC(CN1CCCNC1=O)C(=O)C(=O)NCC1CC1. The molecule has 0 bridgehead atoms. The van der Waals surface area contributed by atoms with Crippen molar-refractivity contribution in [3.63, 3.8) is 0 Å². The number of ketones is 1. The normalized spacial score (nSPS) is 17.1. The molecule has 36 heavy (non-hydrogen) atoms. The smallest absolute Gasteiger partial charge is 0.317 e. The number of para-hydroxylation sites is 1. The predicted molar refractivity (Wildman–Crippen MR) is 132 cm³/mol. The number of amides is 5. The van der Waals surface area contributed by atoms with Gasteiger partial charge in [0.2, 0.25) is 11.7 Å². The Bertz CT molecular complexity index is 1120. The molecule has 5 amide bonds. The number of benzene rings is 1. The number of fused-ring (bicyclic) bond motifs is 1. The van der Waals surface area contributed by atoms with Gasteiger partial charge in [0.15, 0.2) is 0 Å². The minimum absolute atomic E-state index is 0.139. The molecule has 4 rings (SSSR count). The maximum absolute atomic E-state index is 13.1. The number of rotatable bonds is 11. The van der Waals surface area contributed by atoms with E-state index in [9.17, 15) is 24.0 Å². The molecule has 2 aromatic rings. The largest absolute Gasteiger partial charge is 0.351 e. The number of aromatic amines is 1. The number of carbonyl (C=O) groups is 5. The summed E-state index contributed by atoms with van der Waals surface area (Å²) >= 11 is 0. The van der Waals surface area contributed by atoms with Crippen LogP contribution in [0.25, 0.3) is 10.9 Å². The maximum atomic E-state index is 13.1. The zero-order chi connectivity index (χ0) is 25.7. The molecule has 2 aliphatic rings. The predicted octanol–water partition coefficient (Wildman–Crippen LogP) is 0.672. The van der Waals surface area contributed by atoms with Gasteiger partial charge in [0.1, 0.15) is 17.8 Å². The number of H-pyrrole nitrogens is 1. The summed E-state index contributed by atoms with van der Waals surface area (Å²) in [6, 6.07) is 6.59. The van der Waals surface area contributed by atoms with Crippen molar-refractivity contribution in [2.45, 2.75) is 44.7 Å². The summed E-state index contributed by atoms with van der Waals surface area (Å²) in [5.41, 5.74) is 1.10. The second kappa shape index (κ2) is 11.2. The van der Waals surface area contributed by atoms with Gasteiger partial charge in [0, 0.05) is 30.5 Å². The molecular weight excluding hydrogens is 464 g/mol. The molecule has 0 spiro atoms. The second-order valence-corrected chi connectivity index (χ2v) is 9.31. The molecule has 1 aliphatic heterocycles. The highest BCUT2D eigenvalue weighted by Gasteiger charge is 2.34. The van der Waals surface area contributed by atoms with Crippen molar-refractivity contribution in [3.8, 4) is 0 Å². The van der Waals surface area contributed by atoms with E-state index in [2.05, 4.69) is 26.3 Å². The second-order valence-electron chi connectivity index (χ2n) is 9.31. The number of nitrogens with one attached hydrogen (secondary N) is 5. The van der Waals surface area contributed by atoms with Gasteiger partial charge in [0.05, 0.1) is 6.54 Å². The van der Waals surface area contributed by atoms with E-state index in [-0.39, 0.29) is 19.0 Å². The fraction of sp³-hybridized carbons (Fsp3) is 0.480. The van der Waals surface area contributed by atoms with Crippen LogP contribution in [0.15, 0.2) is 30.3 Å². The average molecular weight is 497 g/mol. The zero-order valence-corrected chi connectivity index (χ0v) is 20.3. The van der Waals surface area contributed by atoms with Crippen LogP contribution in [-0.2, 0) is 14.4 Å². The van der Waals surface area contributed by atoms with Gasteiger partial charge in [0.25, 0.3) is 11.8 Å². The summed E-state index contributed by atoms with van der Waals surface area (Å²) in [4.78, 5) is 68.1. The summed E-state index contributed by atoms with van der Waals surface area (Å²) in [5, 5.41) is 11.5. The summed E-state index contributed by atoms with van der Waals surface area (Å²) < 4.78 is 0. The minimum atomic E-state index is -1.24. The van der Waals surface area contributed by atoms with E-state index in [1.807, 2.05) is 24.3 Å². The van der Waals surface area contributed by atoms with E-state index in [0.717, 1.165) is 23.7 Å². The van der Waals surface area contributed by atoms with Crippen LogP contribution < -0.4 is 21.3 Å². The third kappa shape index (κ3) is 6.21. The van der Waals surface area contributed by atoms with Crippen molar-refractivity contribution in [2.75, 3.05) is 26.2 Å². The third-order valence-electron chi connectivity index (χ3n) is 6.48. The Morgan fingerprint density at radius 2 is 1.89 bits per heavy atom. The topological polar surface area (TPSA) is 152 Å². The Hall–Kier alpha value is -3.89. The molecule has 2 unspecified atom stereocenters. The highest BCUT2D eigenvalue weighted by atomic mass is 16.2. The maximum Gasteiger partial charge on any atom is 0.317 e. The first-order valence-corrected chi connectivity index (χ1v) is 12.4. The molecule has 11 nitrogen and oxygen atoms in total. The van der Waals surface area contributed by atoms with E-state index < -0.39 is 35.6 Å². The van der Waals surface area contributed by atoms with Gasteiger partial charge in [-0.3, -0.25) is 19.2 Å². The molecule has 2 atom stereocenters. The molecule has 2 heterocycles. The number of nitrogens with zero attached hydrogens (tertiary/aromatic N) is 1. The lowest BCUT2D eigenvalue weighted by Gasteiger charge is -2.31. The average Bonchev–Trinajstić information content (AvgIpc) is 3.61. The number of hydrogen-bond acceptors (Lipinski definition) is 5. The van der Waals surface area contributed by atoms with Crippen LogP contribution >= 0.6 is 0 Å². The lowest BCUT2D eigenvalue weighted by Crippen LogP contribution is -2.59. The number of hydrogen-bond donors (Lipinski definition) is 5. The van der Waals surface area contributed by atoms with Gasteiger partial charge in [-0.15, -0.1) is 0 Å². The van der Waals surface area contributed by atoms with Gasteiger partial charge in [-0.2, -0.15) is 0 Å². The van der Waals surface area contributed by atoms with E-state index in [4.69, 9.17) is 0 Å². The highest BCUT2D eigenvalue weighted by Crippen LogP contribution is 2.27. The molecule has 1 saturated heterocycles. The zero-order valence-electron chi connectivity index (χ0n) is 20.3.